The van der Waals surface area contributed by atoms with Gasteiger partial charge in [0.15, 0.2) is 11.6 Å². The molecule has 1 saturated carbocycles. The van der Waals surface area contributed by atoms with Crippen molar-refractivity contribution in [2.75, 3.05) is 23.5 Å². The predicted octanol–water partition coefficient (Wildman–Crippen LogP) is 2.23. The van der Waals surface area contributed by atoms with Gasteiger partial charge in [0.25, 0.3) is 0 Å². The van der Waals surface area contributed by atoms with Gasteiger partial charge < -0.3 is 26.8 Å². The summed E-state index contributed by atoms with van der Waals surface area (Å²) in [4.78, 5) is 24.8. The van der Waals surface area contributed by atoms with Crippen LogP contribution < -0.4 is 26.8 Å². The van der Waals surface area contributed by atoms with Gasteiger partial charge in [-0.05, 0) is 49.2 Å². The van der Waals surface area contributed by atoms with Gasteiger partial charge in [-0.25, -0.2) is 0 Å². The lowest BCUT2D eigenvalue weighted by Crippen LogP contribution is -2.41. The Hall–Kier alpha value is -3.62. The lowest BCUT2D eigenvalue weighted by atomic mass is 9.88. The lowest BCUT2D eigenvalue weighted by Gasteiger charge is -2.27. The summed E-state index contributed by atoms with van der Waals surface area (Å²) in [7, 11) is 1.61. The fraction of sp³-hybridized carbons (Fsp3) is 0.300. The van der Waals surface area contributed by atoms with Gasteiger partial charge in [-0.2, -0.15) is 9.97 Å². The Bertz CT molecular complexity index is 974. The smallest absolute Gasteiger partial charge is 0.231 e. The molecule has 0 aliphatic heterocycles. The molecular formula is C20H23N7O2. The van der Waals surface area contributed by atoms with Crippen LogP contribution in [0, 0.1) is 17.8 Å². The summed E-state index contributed by atoms with van der Waals surface area (Å²) in [6.45, 7) is 3.57. The third-order valence-corrected chi connectivity index (χ3v) is 5.51. The average molecular weight is 393 g/mol. The molecule has 0 radical (unpaired) electrons. The zero-order valence-electron chi connectivity index (χ0n) is 16.0. The summed E-state index contributed by atoms with van der Waals surface area (Å²) in [6, 6.07) is 7.16. The van der Waals surface area contributed by atoms with E-state index in [0.29, 0.717) is 17.5 Å². The van der Waals surface area contributed by atoms with Crippen LogP contribution in [-0.4, -0.2) is 35.7 Å². The summed E-state index contributed by atoms with van der Waals surface area (Å²) in [5, 5.41) is 6.45. The van der Waals surface area contributed by atoms with Crippen LogP contribution in [-0.2, 0) is 4.79 Å². The molecule has 0 spiro atoms. The SMILES string of the molecule is C=Nc1c(N)nc(Nc2ccc(OC)cc2)nc1NC1C2C=CC(C2)C1C(N)=O. The maximum absolute atomic E-state index is 12.0. The number of allylic oxidation sites excluding steroid dienone is 1. The highest BCUT2D eigenvalue weighted by atomic mass is 16.5. The van der Waals surface area contributed by atoms with Gasteiger partial charge >= 0.3 is 0 Å². The summed E-state index contributed by atoms with van der Waals surface area (Å²) in [6.07, 6.45) is 5.07. The van der Waals surface area contributed by atoms with Crippen molar-refractivity contribution in [2.45, 2.75) is 12.5 Å². The Morgan fingerprint density at radius 3 is 2.62 bits per heavy atom. The number of amides is 1. The Balaban J connectivity index is 1.62. The second-order valence-corrected chi connectivity index (χ2v) is 7.19. The molecule has 9 nitrogen and oxygen atoms in total. The van der Waals surface area contributed by atoms with Crippen LogP contribution >= 0.6 is 0 Å². The summed E-state index contributed by atoms with van der Waals surface area (Å²) >= 11 is 0. The number of rotatable bonds is 7. The van der Waals surface area contributed by atoms with E-state index in [0.717, 1.165) is 17.9 Å². The van der Waals surface area contributed by atoms with Gasteiger partial charge in [-0.15, -0.1) is 0 Å². The van der Waals surface area contributed by atoms with E-state index in [9.17, 15) is 4.79 Å². The third-order valence-electron chi connectivity index (χ3n) is 5.51. The first kappa shape index (κ1) is 18.7. The van der Waals surface area contributed by atoms with Gasteiger partial charge in [-0.1, -0.05) is 12.2 Å². The molecule has 29 heavy (non-hydrogen) atoms. The van der Waals surface area contributed by atoms with E-state index in [1.165, 1.54) is 0 Å². The number of nitrogen functional groups attached to an aromatic ring is 1. The van der Waals surface area contributed by atoms with Gasteiger partial charge in [0.05, 0.1) is 13.0 Å². The van der Waals surface area contributed by atoms with E-state index in [-0.39, 0.29) is 35.5 Å². The molecule has 4 rings (SSSR count). The topological polar surface area (TPSA) is 141 Å². The second kappa shape index (κ2) is 7.42. The number of ether oxygens (including phenoxy) is 1. The van der Waals surface area contributed by atoms with E-state index in [1.807, 2.05) is 24.3 Å². The number of nitrogens with zero attached hydrogens (tertiary/aromatic N) is 3. The Labute approximate surface area is 168 Å². The molecule has 4 atom stereocenters. The highest BCUT2D eigenvalue weighted by Crippen LogP contribution is 2.45. The molecule has 2 bridgehead atoms. The van der Waals surface area contributed by atoms with Gasteiger partial charge in [0, 0.05) is 11.7 Å². The number of carbonyl (C=O) groups is 1. The maximum atomic E-state index is 12.0. The lowest BCUT2D eigenvalue weighted by molar-refractivity contribution is -0.122. The quantitative estimate of drug-likeness (QED) is 0.417. The van der Waals surface area contributed by atoms with Crippen molar-refractivity contribution in [1.29, 1.82) is 0 Å². The van der Waals surface area contributed by atoms with Gasteiger partial charge in [-0.3, -0.25) is 9.79 Å². The average Bonchev–Trinajstić information content (AvgIpc) is 3.30. The van der Waals surface area contributed by atoms with Gasteiger partial charge in [0.1, 0.15) is 11.4 Å². The maximum Gasteiger partial charge on any atom is 0.231 e. The highest BCUT2D eigenvalue weighted by Gasteiger charge is 2.47. The normalized spacial score (nSPS) is 24.3. The molecular weight excluding hydrogens is 370 g/mol. The Kier molecular flexibility index (Phi) is 4.79. The number of methoxy groups -OCH3 is 1. The summed E-state index contributed by atoms with van der Waals surface area (Å²) in [5.74, 6) is 1.35. The van der Waals surface area contributed by atoms with Crippen LogP contribution in [0.2, 0.25) is 0 Å². The van der Waals surface area contributed by atoms with E-state index in [1.54, 1.807) is 7.11 Å². The van der Waals surface area contributed by atoms with Crippen molar-refractivity contribution in [3.8, 4) is 5.75 Å². The Morgan fingerprint density at radius 2 is 1.97 bits per heavy atom. The summed E-state index contributed by atoms with van der Waals surface area (Å²) < 4.78 is 5.16. The van der Waals surface area contributed by atoms with Crippen molar-refractivity contribution in [1.82, 2.24) is 9.97 Å². The minimum absolute atomic E-state index is 0.145. The second-order valence-electron chi connectivity index (χ2n) is 7.19. The highest BCUT2D eigenvalue weighted by molar-refractivity contribution is 5.81. The van der Waals surface area contributed by atoms with Crippen LogP contribution in [0.1, 0.15) is 6.42 Å². The molecule has 4 unspecified atom stereocenters. The largest absolute Gasteiger partial charge is 0.497 e. The number of aromatic nitrogens is 2. The Morgan fingerprint density at radius 1 is 1.24 bits per heavy atom. The molecule has 1 heterocycles. The molecule has 2 aliphatic carbocycles. The number of anilines is 4. The van der Waals surface area contributed by atoms with E-state index in [2.05, 4.69) is 44.5 Å². The van der Waals surface area contributed by atoms with Crippen molar-refractivity contribution >= 4 is 41.6 Å². The van der Waals surface area contributed by atoms with Crippen LogP contribution in [0.25, 0.3) is 0 Å². The number of nitrogens with one attached hydrogen (secondary N) is 2. The van der Waals surface area contributed by atoms with Crippen molar-refractivity contribution in [3.05, 3.63) is 36.4 Å². The monoisotopic (exact) mass is 393 g/mol. The van der Waals surface area contributed by atoms with Gasteiger partial charge in [0.2, 0.25) is 11.9 Å². The number of benzene rings is 1. The number of primary amides is 1. The first-order chi connectivity index (χ1) is 14.0. The number of carbonyl (C=O) groups excluding carboxylic acids is 1. The number of fused-ring (bicyclic) bond motifs is 2. The zero-order valence-corrected chi connectivity index (χ0v) is 16.0. The van der Waals surface area contributed by atoms with Crippen molar-refractivity contribution in [3.63, 3.8) is 0 Å². The summed E-state index contributed by atoms with van der Waals surface area (Å²) in [5.41, 5.74) is 12.9. The van der Waals surface area contributed by atoms with Crippen LogP contribution in [0.3, 0.4) is 0 Å². The molecule has 6 N–H and O–H groups in total. The molecule has 9 heteroatoms. The molecule has 2 aromatic rings. The van der Waals surface area contributed by atoms with Crippen LogP contribution in [0.4, 0.5) is 29.0 Å². The standard InChI is InChI=1S/C20H23N7O2/c1-23-16-17(21)26-20(24-12-5-7-13(29-2)8-6-12)27-19(16)25-15-11-4-3-10(9-11)14(15)18(22)28/h3-8,10-11,14-15H,1,9H2,2H3,(H2,22,28)(H4,21,24,25,26,27). The minimum atomic E-state index is -0.328. The predicted molar refractivity (Wildman–Crippen MR) is 113 cm³/mol. The number of hydrogen-bond acceptors (Lipinski definition) is 8. The fourth-order valence-corrected chi connectivity index (χ4v) is 4.15. The fourth-order valence-electron chi connectivity index (χ4n) is 4.15. The van der Waals surface area contributed by atoms with E-state index >= 15 is 0 Å². The molecule has 150 valence electrons. The van der Waals surface area contributed by atoms with Crippen molar-refractivity contribution in [2.24, 2.45) is 28.5 Å². The minimum Gasteiger partial charge on any atom is -0.497 e. The molecule has 1 amide bonds. The number of aliphatic imine (C=N–C) groups is 1. The molecule has 1 fully saturated rings. The zero-order chi connectivity index (χ0) is 20.5. The van der Waals surface area contributed by atoms with E-state index < -0.39 is 0 Å². The van der Waals surface area contributed by atoms with E-state index in [4.69, 9.17) is 16.2 Å². The third kappa shape index (κ3) is 3.46. The first-order valence-corrected chi connectivity index (χ1v) is 9.29. The molecule has 0 saturated heterocycles. The molecule has 1 aromatic heterocycles. The number of nitrogens with two attached hydrogens (primary N) is 2. The van der Waals surface area contributed by atoms with Crippen molar-refractivity contribution < 1.29 is 9.53 Å². The van der Waals surface area contributed by atoms with Crippen LogP contribution in [0.5, 0.6) is 5.75 Å². The molecule has 2 aliphatic rings. The first-order valence-electron chi connectivity index (χ1n) is 9.29. The molecule has 1 aromatic carbocycles. The van der Waals surface area contributed by atoms with Crippen LogP contribution in [0.15, 0.2) is 41.4 Å². The number of hydrogen-bond donors (Lipinski definition) is 4.